The zero-order valence-corrected chi connectivity index (χ0v) is 16.0. The number of carbonyl (C=O) groups excluding carboxylic acids is 3. The van der Waals surface area contributed by atoms with Crippen LogP contribution < -0.4 is 15.0 Å². The van der Waals surface area contributed by atoms with Crippen LogP contribution in [0.15, 0.2) is 42.5 Å². The molecule has 1 aliphatic rings. The average molecular weight is 403 g/mol. The minimum atomic E-state index is -0.494. The third kappa shape index (κ3) is 4.43. The standard InChI is InChI=1S/C20H19ClN2O5/c1-2-27-19(25)12-28-14-7-8-15(16(21)9-14)20(26)23-11-18(24)22-10-13-5-3-4-6-17(13)23/h3-9H,2,10-12H2,1H3,(H,22,24). The lowest BCUT2D eigenvalue weighted by atomic mass is 10.1. The predicted octanol–water partition coefficient (Wildman–Crippen LogP) is 2.56. The van der Waals surface area contributed by atoms with Crippen LogP contribution >= 0.6 is 11.6 Å². The number of halogens is 1. The molecule has 3 rings (SSSR count). The fourth-order valence-corrected chi connectivity index (χ4v) is 3.08. The smallest absolute Gasteiger partial charge is 0.344 e. The monoisotopic (exact) mass is 402 g/mol. The van der Waals surface area contributed by atoms with Gasteiger partial charge in [-0.15, -0.1) is 0 Å². The Labute approximate surface area is 167 Å². The van der Waals surface area contributed by atoms with Crippen molar-refractivity contribution in [3.8, 4) is 5.75 Å². The van der Waals surface area contributed by atoms with E-state index >= 15 is 0 Å². The first kappa shape index (κ1) is 19.7. The van der Waals surface area contributed by atoms with Crippen molar-refractivity contribution in [2.45, 2.75) is 13.5 Å². The molecule has 0 saturated carbocycles. The second-order valence-corrected chi connectivity index (χ2v) is 6.44. The van der Waals surface area contributed by atoms with Crippen LogP contribution in [-0.2, 0) is 20.9 Å². The highest BCUT2D eigenvalue weighted by Gasteiger charge is 2.27. The maximum Gasteiger partial charge on any atom is 0.344 e. The third-order valence-corrected chi connectivity index (χ3v) is 4.45. The summed E-state index contributed by atoms with van der Waals surface area (Å²) in [5.41, 5.74) is 1.73. The number of nitrogens with zero attached hydrogens (tertiary/aromatic N) is 1. The summed E-state index contributed by atoms with van der Waals surface area (Å²) in [6.07, 6.45) is 0. The normalized spacial score (nSPS) is 13.2. The fraction of sp³-hybridized carbons (Fsp3) is 0.250. The average Bonchev–Trinajstić information content (AvgIpc) is 2.85. The SMILES string of the molecule is CCOC(=O)COc1ccc(C(=O)N2CC(=O)NCc3ccccc32)c(Cl)c1. The molecule has 1 aliphatic heterocycles. The highest BCUT2D eigenvalue weighted by Crippen LogP contribution is 2.28. The summed E-state index contributed by atoms with van der Waals surface area (Å²) in [5, 5.41) is 2.93. The Morgan fingerprint density at radius 1 is 1.21 bits per heavy atom. The summed E-state index contributed by atoms with van der Waals surface area (Å²) in [6, 6.07) is 11.8. The van der Waals surface area contributed by atoms with Crippen molar-refractivity contribution in [3.05, 3.63) is 58.6 Å². The van der Waals surface area contributed by atoms with Crippen LogP contribution in [0, 0.1) is 0 Å². The number of rotatable bonds is 5. The Hall–Kier alpha value is -3.06. The van der Waals surface area contributed by atoms with Gasteiger partial charge >= 0.3 is 5.97 Å². The van der Waals surface area contributed by atoms with Gasteiger partial charge in [0.15, 0.2) is 6.61 Å². The molecule has 28 heavy (non-hydrogen) atoms. The van der Waals surface area contributed by atoms with Crippen molar-refractivity contribution in [2.75, 3.05) is 24.7 Å². The largest absolute Gasteiger partial charge is 0.482 e. The van der Waals surface area contributed by atoms with Crippen LogP contribution in [0.4, 0.5) is 5.69 Å². The van der Waals surface area contributed by atoms with Crippen LogP contribution in [0.3, 0.4) is 0 Å². The van der Waals surface area contributed by atoms with E-state index < -0.39 is 11.9 Å². The van der Waals surface area contributed by atoms with Crippen molar-refractivity contribution in [2.24, 2.45) is 0 Å². The topological polar surface area (TPSA) is 84.9 Å². The minimum absolute atomic E-state index is 0.104. The second-order valence-electron chi connectivity index (χ2n) is 6.03. The van der Waals surface area contributed by atoms with Gasteiger partial charge in [0.05, 0.1) is 17.2 Å². The first-order valence-corrected chi connectivity index (χ1v) is 9.12. The van der Waals surface area contributed by atoms with Crippen LogP contribution in [0.25, 0.3) is 0 Å². The van der Waals surface area contributed by atoms with Crippen LogP contribution in [0.1, 0.15) is 22.8 Å². The molecule has 0 radical (unpaired) electrons. The molecule has 2 amide bonds. The Morgan fingerprint density at radius 3 is 2.75 bits per heavy atom. The van der Waals surface area contributed by atoms with Gasteiger partial charge in [0.1, 0.15) is 12.3 Å². The molecular weight excluding hydrogens is 384 g/mol. The molecular formula is C20H19ClN2O5. The quantitative estimate of drug-likeness (QED) is 0.777. The van der Waals surface area contributed by atoms with E-state index in [0.29, 0.717) is 18.0 Å². The molecule has 2 aromatic carbocycles. The molecule has 0 atom stereocenters. The molecule has 0 fully saturated rings. The van der Waals surface area contributed by atoms with E-state index in [-0.39, 0.29) is 36.3 Å². The van der Waals surface area contributed by atoms with Crippen molar-refractivity contribution >= 4 is 35.1 Å². The summed E-state index contributed by atoms with van der Waals surface area (Å²) in [4.78, 5) is 37.9. The molecule has 1 heterocycles. The van der Waals surface area contributed by atoms with Gasteiger partial charge < -0.3 is 14.8 Å². The second kappa shape index (κ2) is 8.75. The number of hydrogen-bond acceptors (Lipinski definition) is 5. The Kier molecular flexibility index (Phi) is 6.16. The molecule has 8 heteroatoms. The molecule has 0 spiro atoms. The molecule has 0 saturated heterocycles. The summed E-state index contributed by atoms with van der Waals surface area (Å²) in [5.74, 6) is -0.809. The summed E-state index contributed by atoms with van der Waals surface area (Å²) < 4.78 is 10.1. The molecule has 0 aliphatic carbocycles. The number of para-hydroxylation sites is 1. The maximum atomic E-state index is 13.1. The number of nitrogens with one attached hydrogen (secondary N) is 1. The number of carbonyl (C=O) groups is 3. The molecule has 1 N–H and O–H groups in total. The number of ether oxygens (including phenoxy) is 2. The van der Waals surface area contributed by atoms with E-state index in [2.05, 4.69) is 5.32 Å². The summed E-state index contributed by atoms with van der Waals surface area (Å²) in [6.45, 7) is 1.97. The van der Waals surface area contributed by atoms with Crippen molar-refractivity contribution < 1.29 is 23.9 Å². The number of esters is 1. The van der Waals surface area contributed by atoms with Crippen molar-refractivity contribution in [1.29, 1.82) is 0 Å². The molecule has 0 unspecified atom stereocenters. The Balaban J connectivity index is 1.82. The summed E-state index contributed by atoms with van der Waals surface area (Å²) >= 11 is 6.28. The summed E-state index contributed by atoms with van der Waals surface area (Å²) in [7, 11) is 0. The molecule has 7 nitrogen and oxygen atoms in total. The molecule has 0 aromatic heterocycles. The van der Waals surface area contributed by atoms with E-state index in [1.54, 1.807) is 19.1 Å². The van der Waals surface area contributed by atoms with Crippen LogP contribution in [0.2, 0.25) is 5.02 Å². The van der Waals surface area contributed by atoms with Gasteiger partial charge in [-0.05, 0) is 36.8 Å². The molecule has 146 valence electrons. The number of amides is 2. The number of benzene rings is 2. The third-order valence-electron chi connectivity index (χ3n) is 4.14. The van der Waals surface area contributed by atoms with Gasteiger partial charge in [0.25, 0.3) is 5.91 Å². The highest BCUT2D eigenvalue weighted by molar-refractivity contribution is 6.34. The highest BCUT2D eigenvalue weighted by atomic mass is 35.5. The van der Waals surface area contributed by atoms with Crippen molar-refractivity contribution in [3.63, 3.8) is 0 Å². The van der Waals surface area contributed by atoms with E-state index in [1.807, 2.05) is 18.2 Å². The molecule has 0 bridgehead atoms. The maximum absolute atomic E-state index is 13.1. The van der Waals surface area contributed by atoms with E-state index in [9.17, 15) is 14.4 Å². The van der Waals surface area contributed by atoms with Gasteiger partial charge in [-0.2, -0.15) is 0 Å². The minimum Gasteiger partial charge on any atom is -0.482 e. The van der Waals surface area contributed by atoms with Crippen molar-refractivity contribution in [1.82, 2.24) is 5.32 Å². The van der Waals surface area contributed by atoms with Gasteiger partial charge in [0, 0.05) is 12.2 Å². The number of fused-ring (bicyclic) bond motifs is 1. The number of hydrogen-bond donors (Lipinski definition) is 1. The van der Waals surface area contributed by atoms with Gasteiger partial charge in [-0.3, -0.25) is 14.5 Å². The van der Waals surface area contributed by atoms with Gasteiger partial charge in [-0.25, -0.2) is 4.79 Å². The van der Waals surface area contributed by atoms with E-state index in [0.717, 1.165) is 5.56 Å². The van der Waals surface area contributed by atoms with Crippen LogP contribution in [-0.4, -0.2) is 37.5 Å². The van der Waals surface area contributed by atoms with E-state index in [4.69, 9.17) is 21.1 Å². The number of anilines is 1. The first-order chi connectivity index (χ1) is 13.5. The lowest BCUT2D eigenvalue weighted by Gasteiger charge is -2.22. The zero-order valence-electron chi connectivity index (χ0n) is 15.2. The Bertz CT molecular complexity index is 915. The zero-order chi connectivity index (χ0) is 20.1. The fourth-order valence-electron chi connectivity index (χ4n) is 2.83. The molecule has 2 aromatic rings. The lowest BCUT2D eigenvalue weighted by molar-refractivity contribution is -0.145. The van der Waals surface area contributed by atoms with Gasteiger partial charge in [0.2, 0.25) is 5.91 Å². The van der Waals surface area contributed by atoms with Gasteiger partial charge in [-0.1, -0.05) is 29.8 Å². The lowest BCUT2D eigenvalue weighted by Crippen LogP contribution is -2.38. The predicted molar refractivity (Wildman–Crippen MR) is 104 cm³/mol. The Morgan fingerprint density at radius 2 is 2.00 bits per heavy atom. The first-order valence-electron chi connectivity index (χ1n) is 8.74. The van der Waals surface area contributed by atoms with E-state index in [1.165, 1.54) is 17.0 Å². The van der Waals surface area contributed by atoms with Crippen LogP contribution in [0.5, 0.6) is 5.75 Å².